The van der Waals surface area contributed by atoms with Gasteiger partial charge in [0.1, 0.15) is 0 Å². The van der Waals surface area contributed by atoms with Gasteiger partial charge >= 0.3 is 0 Å². The Labute approximate surface area is 145 Å². The van der Waals surface area contributed by atoms with Gasteiger partial charge in [-0.25, -0.2) is 4.98 Å². The molecule has 2 aromatic heterocycles. The van der Waals surface area contributed by atoms with Crippen molar-refractivity contribution in [1.29, 1.82) is 0 Å². The van der Waals surface area contributed by atoms with Crippen molar-refractivity contribution in [3.05, 3.63) is 59.8 Å². The van der Waals surface area contributed by atoms with E-state index in [0.29, 0.717) is 0 Å². The molecule has 4 rings (SSSR count). The minimum Gasteiger partial charge on any atom is -0.359 e. The Bertz CT molecular complexity index is 1090. The molecule has 2 heterocycles. The second-order valence-electron chi connectivity index (χ2n) is 6.31. The molecular weight excluding hydrogens is 312 g/mol. The Morgan fingerprint density at radius 2 is 1.76 bits per heavy atom. The van der Waals surface area contributed by atoms with Crippen molar-refractivity contribution in [3.8, 4) is 11.3 Å². The molecule has 25 heavy (non-hydrogen) atoms. The zero-order chi connectivity index (χ0) is 17.6. The van der Waals surface area contributed by atoms with E-state index in [-0.39, 0.29) is 12.3 Å². The van der Waals surface area contributed by atoms with Crippen molar-refractivity contribution in [2.24, 2.45) is 7.05 Å². The number of carbonyl (C=O) groups is 1. The molecule has 0 spiro atoms. The third kappa shape index (κ3) is 2.39. The van der Waals surface area contributed by atoms with Gasteiger partial charge in [-0.1, -0.05) is 42.0 Å². The zero-order valence-corrected chi connectivity index (χ0v) is 14.6. The number of hydrogen-bond acceptors (Lipinski definition) is 2. The van der Waals surface area contributed by atoms with Gasteiger partial charge in [-0.2, -0.15) is 0 Å². The highest BCUT2D eigenvalue weighted by atomic mass is 16.1. The van der Waals surface area contributed by atoms with Crippen LogP contribution in [0.15, 0.2) is 48.5 Å². The summed E-state index contributed by atoms with van der Waals surface area (Å²) in [6, 6.07) is 16.4. The molecular formula is C20H20N4O. The van der Waals surface area contributed by atoms with Crippen molar-refractivity contribution in [2.45, 2.75) is 13.3 Å². The Morgan fingerprint density at radius 1 is 1.08 bits per heavy atom. The molecule has 0 fully saturated rings. The Hall–Kier alpha value is -3.08. The van der Waals surface area contributed by atoms with Gasteiger partial charge in [-0.05, 0) is 19.1 Å². The van der Waals surface area contributed by atoms with Crippen LogP contribution in [0.2, 0.25) is 0 Å². The van der Waals surface area contributed by atoms with E-state index >= 15 is 0 Å². The summed E-state index contributed by atoms with van der Waals surface area (Å²) < 4.78 is 4.17. The lowest BCUT2D eigenvalue weighted by atomic mass is 10.1. The summed E-state index contributed by atoms with van der Waals surface area (Å²) in [4.78, 5) is 17.0. The van der Waals surface area contributed by atoms with Gasteiger partial charge in [0.15, 0.2) is 0 Å². The maximum atomic E-state index is 12.1. The minimum absolute atomic E-state index is 0.0249. The number of benzene rings is 2. The number of aryl methyl sites for hydroxylation is 2. The van der Waals surface area contributed by atoms with Crippen LogP contribution in [-0.2, 0) is 18.3 Å². The fourth-order valence-corrected chi connectivity index (χ4v) is 3.31. The van der Waals surface area contributed by atoms with Crippen molar-refractivity contribution in [1.82, 2.24) is 19.3 Å². The average molecular weight is 332 g/mol. The minimum atomic E-state index is -0.0249. The second kappa shape index (κ2) is 5.77. The molecule has 5 nitrogen and oxygen atoms in total. The summed E-state index contributed by atoms with van der Waals surface area (Å²) in [5, 5.41) is 2.72. The molecule has 0 aliphatic carbocycles. The molecule has 126 valence electrons. The number of carbonyl (C=O) groups excluding carboxylic acids is 1. The lowest BCUT2D eigenvalue weighted by Crippen LogP contribution is -2.21. The number of fused-ring (bicyclic) bond motifs is 3. The van der Waals surface area contributed by atoms with E-state index < -0.39 is 0 Å². The summed E-state index contributed by atoms with van der Waals surface area (Å²) in [7, 11) is 3.67. The number of rotatable bonds is 3. The summed E-state index contributed by atoms with van der Waals surface area (Å²) in [6.45, 7) is 2.06. The first-order valence-corrected chi connectivity index (χ1v) is 8.32. The predicted molar refractivity (Wildman–Crippen MR) is 99.6 cm³/mol. The molecule has 0 aliphatic rings. The van der Waals surface area contributed by atoms with Gasteiger partial charge in [0.25, 0.3) is 0 Å². The number of hydrogen-bond donors (Lipinski definition) is 1. The number of nitrogens with zero attached hydrogens (tertiary/aromatic N) is 3. The topological polar surface area (TPSA) is 51.3 Å². The van der Waals surface area contributed by atoms with E-state index in [1.54, 1.807) is 7.05 Å². The molecule has 4 aromatic rings. The van der Waals surface area contributed by atoms with Crippen LogP contribution in [-0.4, -0.2) is 26.9 Å². The van der Waals surface area contributed by atoms with Gasteiger partial charge in [0, 0.05) is 19.7 Å². The highest BCUT2D eigenvalue weighted by molar-refractivity contribution is 5.86. The quantitative estimate of drug-likeness (QED) is 0.627. The van der Waals surface area contributed by atoms with Crippen LogP contribution >= 0.6 is 0 Å². The smallest absolute Gasteiger partial charge is 0.225 e. The van der Waals surface area contributed by atoms with Crippen LogP contribution in [0.4, 0.5) is 0 Å². The summed E-state index contributed by atoms with van der Waals surface area (Å²) in [5.41, 5.74) is 6.15. The molecule has 0 saturated heterocycles. The number of aromatic nitrogens is 3. The Balaban J connectivity index is 2.05. The number of amides is 1. The summed E-state index contributed by atoms with van der Waals surface area (Å²) in [6.07, 6.45) is 0.287. The average Bonchev–Trinajstić information content (AvgIpc) is 3.13. The number of imidazole rings is 2. The third-order valence-electron chi connectivity index (χ3n) is 4.67. The summed E-state index contributed by atoms with van der Waals surface area (Å²) >= 11 is 0. The van der Waals surface area contributed by atoms with Crippen molar-refractivity contribution < 1.29 is 4.79 Å². The molecule has 0 bridgehead atoms. The first kappa shape index (κ1) is 15.4. The molecule has 0 radical (unpaired) electrons. The standard InChI is InChI=1S/C20H20N4O/c1-13-8-10-14(11-9-13)19-17(12-18(25)21-2)24-16-7-5-4-6-15(16)23(3)20(24)22-19/h4-11H,12H2,1-3H3,(H,21,25). The van der Waals surface area contributed by atoms with Gasteiger partial charge in [0.05, 0.1) is 28.8 Å². The number of para-hydroxylation sites is 2. The van der Waals surface area contributed by atoms with Crippen LogP contribution in [0.5, 0.6) is 0 Å². The molecule has 2 aromatic carbocycles. The summed E-state index contributed by atoms with van der Waals surface area (Å²) in [5.74, 6) is 0.818. The molecule has 1 N–H and O–H groups in total. The second-order valence-corrected chi connectivity index (χ2v) is 6.31. The zero-order valence-electron chi connectivity index (χ0n) is 14.6. The maximum Gasteiger partial charge on any atom is 0.225 e. The highest BCUT2D eigenvalue weighted by Crippen LogP contribution is 2.29. The van der Waals surface area contributed by atoms with Gasteiger partial charge in [-0.3, -0.25) is 9.20 Å². The van der Waals surface area contributed by atoms with Crippen LogP contribution in [0, 0.1) is 6.92 Å². The molecule has 0 saturated carbocycles. The fraction of sp³-hybridized carbons (Fsp3) is 0.200. The highest BCUT2D eigenvalue weighted by Gasteiger charge is 2.21. The van der Waals surface area contributed by atoms with Crippen molar-refractivity contribution >= 4 is 22.7 Å². The van der Waals surface area contributed by atoms with Crippen molar-refractivity contribution in [3.63, 3.8) is 0 Å². The van der Waals surface area contributed by atoms with E-state index in [4.69, 9.17) is 4.98 Å². The number of nitrogens with one attached hydrogen (secondary N) is 1. The Morgan fingerprint density at radius 3 is 2.44 bits per heavy atom. The van der Waals surface area contributed by atoms with Gasteiger partial charge in [0.2, 0.25) is 11.7 Å². The number of likely N-dealkylation sites (N-methyl/N-ethyl adjacent to an activating group) is 1. The van der Waals surface area contributed by atoms with Crippen LogP contribution in [0.1, 0.15) is 11.3 Å². The van der Waals surface area contributed by atoms with E-state index in [0.717, 1.165) is 33.8 Å². The molecule has 0 atom stereocenters. The predicted octanol–water partition coefficient (Wildman–Crippen LogP) is 3.09. The lowest BCUT2D eigenvalue weighted by Gasteiger charge is -2.05. The first-order chi connectivity index (χ1) is 12.1. The van der Waals surface area contributed by atoms with E-state index in [9.17, 15) is 4.79 Å². The first-order valence-electron chi connectivity index (χ1n) is 8.32. The maximum absolute atomic E-state index is 12.1. The van der Waals surface area contributed by atoms with Crippen molar-refractivity contribution in [2.75, 3.05) is 7.05 Å². The fourth-order valence-electron chi connectivity index (χ4n) is 3.31. The van der Waals surface area contributed by atoms with Crippen LogP contribution in [0.25, 0.3) is 28.1 Å². The SMILES string of the molecule is CNC(=O)Cc1c(-c2ccc(C)cc2)nc2n(C)c3ccccc3n12. The molecule has 0 aliphatic heterocycles. The van der Waals surface area contributed by atoms with E-state index in [2.05, 4.69) is 57.6 Å². The normalized spacial score (nSPS) is 11.3. The molecule has 5 heteroatoms. The Kier molecular flexibility index (Phi) is 3.57. The van der Waals surface area contributed by atoms with E-state index in [1.165, 1.54) is 5.56 Å². The van der Waals surface area contributed by atoms with Gasteiger partial charge in [-0.15, -0.1) is 0 Å². The molecule has 1 amide bonds. The largest absolute Gasteiger partial charge is 0.359 e. The lowest BCUT2D eigenvalue weighted by molar-refractivity contribution is -0.120. The molecule has 0 unspecified atom stereocenters. The van der Waals surface area contributed by atoms with Crippen LogP contribution < -0.4 is 5.32 Å². The van der Waals surface area contributed by atoms with E-state index in [1.807, 2.05) is 19.2 Å². The van der Waals surface area contributed by atoms with Gasteiger partial charge < -0.3 is 9.88 Å². The monoisotopic (exact) mass is 332 g/mol. The third-order valence-corrected chi connectivity index (χ3v) is 4.67. The van der Waals surface area contributed by atoms with Crippen LogP contribution in [0.3, 0.4) is 0 Å².